The number of non-ortho nitro benzene ring substituents is 1. The van der Waals surface area contributed by atoms with E-state index in [1.54, 1.807) is 48.5 Å². The molecule has 1 aromatic heterocycles. The van der Waals surface area contributed by atoms with Crippen LogP contribution in [0.2, 0.25) is 0 Å². The molecular formula is C28H21N3O7S2. The lowest BCUT2D eigenvalue weighted by molar-refractivity contribution is -0.384. The van der Waals surface area contributed by atoms with Crippen molar-refractivity contribution in [1.82, 2.24) is 4.98 Å². The van der Waals surface area contributed by atoms with Gasteiger partial charge in [-0.2, -0.15) is 0 Å². The van der Waals surface area contributed by atoms with Crippen molar-refractivity contribution in [2.75, 3.05) is 4.90 Å². The molecular weight excluding hydrogens is 554 g/mol. The molecule has 1 aliphatic heterocycles. The third kappa shape index (κ3) is 4.67. The zero-order chi connectivity index (χ0) is 28.8. The second-order valence-electron chi connectivity index (χ2n) is 9.16. The fourth-order valence-corrected chi connectivity index (χ4v) is 6.86. The fourth-order valence-electron chi connectivity index (χ4n) is 4.31. The van der Waals surface area contributed by atoms with Gasteiger partial charge in [0.25, 0.3) is 11.5 Å². The van der Waals surface area contributed by atoms with Gasteiger partial charge in [-0.1, -0.05) is 71.0 Å². The SMILES string of the molecule is Cc1ccc(/C(O)=C2/C(=O)C(=O)N(c3ncc(S(=O)(=O)c4ccc([N+](=O)[O-])cc4)s3)C2c2ccc(C)cc2)cc1. The lowest BCUT2D eigenvalue weighted by Gasteiger charge is -2.23. The van der Waals surface area contributed by atoms with Crippen LogP contribution in [0.3, 0.4) is 0 Å². The summed E-state index contributed by atoms with van der Waals surface area (Å²) in [5.41, 5.74) is 2.34. The van der Waals surface area contributed by atoms with E-state index in [0.717, 1.165) is 46.5 Å². The Balaban J connectivity index is 1.62. The third-order valence-corrected chi connectivity index (χ3v) is 9.69. The molecule has 2 heterocycles. The number of hydrogen-bond donors (Lipinski definition) is 1. The van der Waals surface area contributed by atoms with Crippen LogP contribution in [0, 0.1) is 24.0 Å². The topological polar surface area (TPSA) is 148 Å². The second-order valence-corrected chi connectivity index (χ2v) is 12.3. The number of nitro benzene ring substituents is 1. The molecule has 3 aromatic carbocycles. The maximum Gasteiger partial charge on any atom is 0.301 e. The monoisotopic (exact) mass is 575 g/mol. The number of ketones is 1. The fraction of sp³-hybridized carbons (Fsp3) is 0.107. The van der Waals surface area contributed by atoms with Crippen molar-refractivity contribution in [3.05, 3.63) is 117 Å². The molecule has 1 saturated heterocycles. The molecule has 4 aromatic rings. The van der Waals surface area contributed by atoms with Gasteiger partial charge in [0.15, 0.2) is 5.13 Å². The number of amides is 1. The molecule has 1 unspecified atom stereocenters. The van der Waals surface area contributed by atoms with E-state index in [0.29, 0.717) is 22.5 Å². The number of thiazole rings is 1. The molecule has 12 heteroatoms. The van der Waals surface area contributed by atoms with E-state index in [1.165, 1.54) is 0 Å². The minimum Gasteiger partial charge on any atom is -0.507 e. The number of aliphatic hydroxyl groups is 1. The molecule has 40 heavy (non-hydrogen) atoms. The normalized spacial score (nSPS) is 16.9. The highest BCUT2D eigenvalue weighted by Gasteiger charge is 2.48. The maximum absolute atomic E-state index is 13.4. The average molecular weight is 576 g/mol. The molecule has 5 rings (SSSR count). The van der Waals surface area contributed by atoms with Gasteiger partial charge < -0.3 is 5.11 Å². The van der Waals surface area contributed by atoms with E-state index in [2.05, 4.69) is 4.98 Å². The molecule has 0 radical (unpaired) electrons. The molecule has 202 valence electrons. The van der Waals surface area contributed by atoms with Crippen molar-refractivity contribution in [3.63, 3.8) is 0 Å². The van der Waals surface area contributed by atoms with Crippen molar-refractivity contribution in [1.29, 1.82) is 0 Å². The third-order valence-electron chi connectivity index (χ3n) is 6.46. The van der Waals surface area contributed by atoms with E-state index < -0.39 is 32.5 Å². The Hall–Kier alpha value is -4.68. The number of Topliss-reactive ketones (excluding diaryl/α,β-unsaturated/α-hetero) is 1. The first-order valence-corrected chi connectivity index (χ1v) is 14.2. The van der Waals surface area contributed by atoms with Crippen LogP contribution in [0.5, 0.6) is 0 Å². The predicted octanol–water partition coefficient (Wildman–Crippen LogP) is 5.13. The molecule has 10 nitrogen and oxygen atoms in total. The minimum atomic E-state index is -4.14. The number of benzene rings is 3. The molecule has 1 N–H and O–H groups in total. The van der Waals surface area contributed by atoms with Crippen molar-refractivity contribution in [2.24, 2.45) is 0 Å². The van der Waals surface area contributed by atoms with Crippen molar-refractivity contribution in [2.45, 2.75) is 29.0 Å². The number of anilines is 1. The van der Waals surface area contributed by atoms with Crippen molar-refractivity contribution in [3.8, 4) is 0 Å². The zero-order valence-electron chi connectivity index (χ0n) is 21.1. The summed E-state index contributed by atoms with van der Waals surface area (Å²) in [5, 5.41) is 22.1. The summed E-state index contributed by atoms with van der Waals surface area (Å²) in [7, 11) is -4.14. The number of nitro groups is 1. The highest BCUT2D eigenvalue weighted by atomic mass is 32.2. The summed E-state index contributed by atoms with van der Waals surface area (Å²) in [6, 6.07) is 17.2. The van der Waals surface area contributed by atoms with Gasteiger partial charge in [-0.05, 0) is 31.5 Å². The summed E-state index contributed by atoms with van der Waals surface area (Å²) >= 11 is 0.677. The number of aliphatic hydroxyl groups excluding tert-OH is 1. The van der Waals surface area contributed by atoms with Gasteiger partial charge in [0.2, 0.25) is 9.84 Å². The largest absolute Gasteiger partial charge is 0.507 e. The molecule has 1 amide bonds. The summed E-state index contributed by atoms with van der Waals surface area (Å²) in [6.45, 7) is 3.75. The average Bonchev–Trinajstić information content (AvgIpc) is 3.53. The van der Waals surface area contributed by atoms with Crippen LogP contribution in [0.1, 0.15) is 28.3 Å². The number of rotatable bonds is 6. The smallest absolute Gasteiger partial charge is 0.301 e. The van der Waals surface area contributed by atoms with Crippen LogP contribution >= 0.6 is 11.3 Å². The lowest BCUT2D eigenvalue weighted by atomic mass is 9.94. The Labute approximate surface area is 232 Å². The quantitative estimate of drug-likeness (QED) is 0.109. The zero-order valence-corrected chi connectivity index (χ0v) is 22.8. The van der Waals surface area contributed by atoms with Crippen LogP contribution in [0.4, 0.5) is 10.8 Å². The van der Waals surface area contributed by atoms with E-state index in [1.807, 2.05) is 13.8 Å². The first kappa shape index (κ1) is 26.9. The molecule has 0 spiro atoms. The van der Waals surface area contributed by atoms with E-state index in [-0.39, 0.29) is 31.3 Å². The highest BCUT2D eigenvalue weighted by Crippen LogP contribution is 2.44. The van der Waals surface area contributed by atoms with Crippen LogP contribution in [-0.2, 0) is 19.4 Å². The Morgan fingerprint density at radius 2 is 1.52 bits per heavy atom. The first-order valence-electron chi connectivity index (χ1n) is 11.9. The van der Waals surface area contributed by atoms with Gasteiger partial charge >= 0.3 is 5.91 Å². The standard InChI is InChI=1S/C28H21N3O7S2/c1-16-3-7-18(8-4-16)24-23(25(32)19-9-5-17(2)6-10-19)26(33)27(34)30(24)28-29-15-22(39-28)40(37,38)21-13-11-20(12-14-21)31(35)36/h3-15,24,32H,1-2H3/b25-23-. The molecule has 1 fully saturated rings. The number of aromatic nitrogens is 1. The number of nitrogens with zero attached hydrogens (tertiary/aromatic N) is 3. The van der Waals surface area contributed by atoms with Crippen LogP contribution in [-0.4, -0.2) is 35.1 Å². The Kier molecular flexibility index (Phi) is 6.82. The lowest BCUT2D eigenvalue weighted by Crippen LogP contribution is -2.29. The van der Waals surface area contributed by atoms with Crippen molar-refractivity contribution < 1.29 is 28.0 Å². The number of aryl methyl sites for hydroxylation is 2. The summed E-state index contributed by atoms with van der Waals surface area (Å²) < 4.78 is 26.3. The van der Waals surface area contributed by atoms with Gasteiger partial charge in [0.05, 0.1) is 27.6 Å². The maximum atomic E-state index is 13.4. The highest BCUT2D eigenvalue weighted by molar-refractivity contribution is 7.93. The van der Waals surface area contributed by atoms with Crippen LogP contribution in [0.15, 0.2) is 93.7 Å². The Bertz CT molecular complexity index is 1790. The van der Waals surface area contributed by atoms with Crippen LogP contribution < -0.4 is 4.90 Å². The first-order chi connectivity index (χ1) is 19.0. The van der Waals surface area contributed by atoms with Gasteiger partial charge in [0.1, 0.15) is 9.97 Å². The number of carbonyl (C=O) groups excluding carboxylic acids is 2. The van der Waals surface area contributed by atoms with Crippen molar-refractivity contribution >= 4 is 49.4 Å². The molecule has 1 atom stereocenters. The summed E-state index contributed by atoms with van der Waals surface area (Å²) in [6.07, 6.45) is 1.07. The second kappa shape index (κ2) is 10.1. The van der Waals surface area contributed by atoms with Gasteiger partial charge in [0, 0.05) is 17.7 Å². The Morgan fingerprint density at radius 3 is 2.10 bits per heavy atom. The molecule has 0 bridgehead atoms. The molecule has 0 aliphatic carbocycles. The molecule has 1 aliphatic rings. The Morgan fingerprint density at radius 1 is 0.950 bits per heavy atom. The number of hydrogen-bond acceptors (Lipinski definition) is 9. The summed E-state index contributed by atoms with van der Waals surface area (Å²) in [4.78, 5) is 42.1. The minimum absolute atomic E-state index is 0.0592. The van der Waals surface area contributed by atoms with Gasteiger partial charge in [-0.3, -0.25) is 24.6 Å². The molecule has 0 saturated carbocycles. The van der Waals surface area contributed by atoms with E-state index in [9.17, 15) is 33.2 Å². The van der Waals surface area contributed by atoms with Crippen LogP contribution in [0.25, 0.3) is 5.76 Å². The summed E-state index contributed by atoms with van der Waals surface area (Å²) in [5.74, 6) is -2.26. The van der Waals surface area contributed by atoms with Gasteiger partial charge in [-0.15, -0.1) is 0 Å². The predicted molar refractivity (Wildman–Crippen MR) is 148 cm³/mol. The van der Waals surface area contributed by atoms with E-state index >= 15 is 0 Å². The number of sulfone groups is 1. The number of carbonyl (C=O) groups is 2. The van der Waals surface area contributed by atoms with Gasteiger partial charge in [-0.25, -0.2) is 13.4 Å². The van der Waals surface area contributed by atoms with E-state index in [4.69, 9.17) is 0 Å².